The van der Waals surface area contributed by atoms with Gasteiger partial charge in [-0.05, 0) is 69.0 Å². The van der Waals surface area contributed by atoms with Crippen LogP contribution < -0.4 is 4.74 Å². The SMILES string of the molecule is CN(C)CCCN1C(=O)C(=O)/C(=C(\O)c2ccncc2)C1c1cccc(Oc2ccccc2)c1. The van der Waals surface area contributed by atoms with Gasteiger partial charge < -0.3 is 19.6 Å². The predicted molar refractivity (Wildman–Crippen MR) is 129 cm³/mol. The number of nitrogens with zero attached hydrogens (tertiary/aromatic N) is 3. The number of aliphatic hydroxyl groups excluding tert-OH is 1. The van der Waals surface area contributed by atoms with Crippen LogP contribution >= 0.6 is 0 Å². The Labute approximate surface area is 198 Å². The van der Waals surface area contributed by atoms with Gasteiger partial charge in [0.1, 0.15) is 17.3 Å². The molecule has 1 atom stereocenters. The number of aromatic nitrogens is 1. The van der Waals surface area contributed by atoms with Crippen LogP contribution in [0, 0.1) is 0 Å². The standard InChI is InChI=1S/C27H27N3O4/c1-29(2)16-7-17-30-24(20-8-6-11-22(18-20)34-21-9-4-3-5-10-21)23(26(32)27(30)33)25(31)19-12-14-28-15-13-19/h3-6,8-15,18,24,31H,7,16-17H2,1-2H3/b25-23-. The number of carbonyl (C=O) groups is 2. The summed E-state index contributed by atoms with van der Waals surface area (Å²) in [6.45, 7) is 1.14. The number of hydrogen-bond donors (Lipinski definition) is 1. The topological polar surface area (TPSA) is 83.0 Å². The smallest absolute Gasteiger partial charge is 0.295 e. The molecule has 7 heteroatoms. The van der Waals surface area contributed by atoms with Crippen molar-refractivity contribution in [1.82, 2.24) is 14.8 Å². The highest BCUT2D eigenvalue weighted by molar-refractivity contribution is 6.46. The minimum atomic E-state index is -0.727. The molecule has 1 amide bonds. The second-order valence-electron chi connectivity index (χ2n) is 8.37. The molecule has 0 saturated carbocycles. The molecule has 2 heterocycles. The summed E-state index contributed by atoms with van der Waals surface area (Å²) in [5.41, 5.74) is 1.19. The fourth-order valence-corrected chi connectivity index (χ4v) is 4.05. The van der Waals surface area contributed by atoms with Gasteiger partial charge in [0.15, 0.2) is 0 Å². The van der Waals surface area contributed by atoms with Gasteiger partial charge >= 0.3 is 0 Å². The maximum atomic E-state index is 13.1. The summed E-state index contributed by atoms with van der Waals surface area (Å²) in [6, 6.07) is 19.2. The van der Waals surface area contributed by atoms with E-state index in [1.807, 2.05) is 73.6 Å². The molecule has 1 aliphatic rings. The molecule has 1 fully saturated rings. The van der Waals surface area contributed by atoms with E-state index in [1.165, 1.54) is 12.4 Å². The maximum absolute atomic E-state index is 13.1. The Balaban J connectivity index is 1.76. The summed E-state index contributed by atoms with van der Waals surface area (Å²) in [5, 5.41) is 11.1. The Kier molecular flexibility index (Phi) is 7.04. The molecule has 1 aliphatic heterocycles. The fraction of sp³-hybridized carbons (Fsp3) is 0.222. The number of rotatable bonds is 8. The van der Waals surface area contributed by atoms with Crippen molar-refractivity contribution in [2.24, 2.45) is 0 Å². The second-order valence-corrected chi connectivity index (χ2v) is 8.37. The van der Waals surface area contributed by atoms with E-state index in [0.717, 1.165) is 6.54 Å². The van der Waals surface area contributed by atoms with E-state index >= 15 is 0 Å². The molecule has 1 N–H and O–H groups in total. The molecule has 1 aromatic heterocycles. The summed E-state index contributed by atoms with van der Waals surface area (Å²) in [4.78, 5) is 33.7. The van der Waals surface area contributed by atoms with Gasteiger partial charge in [-0.25, -0.2) is 0 Å². The number of Topliss-reactive ketones (excluding diaryl/α,β-unsaturated/α-hetero) is 1. The van der Waals surface area contributed by atoms with Crippen LogP contribution in [0.2, 0.25) is 0 Å². The molecule has 0 bridgehead atoms. The quantitative estimate of drug-likeness (QED) is 0.309. The zero-order valence-electron chi connectivity index (χ0n) is 19.2. The molecule has 4 rings (SSSR count). The van der Waals surface area contributed by atoms with E-state index in [2.05, 4.69) is 4.98 Å². The highest BCUT2D eigenvalue weighted by atomic mass is 16.5. The molecule has 2 aromatic carbocycles. The van der Waals surface area contributed by atoms with Gasteiger partial charge in [0.25, 0.3) is 11.7 Å². The molecule has 0 spiro atoms. The lowest BCUT2D eigenvalue weighted by Crippen LogP contribution is -2.32. The third-order valence-corrected chi connectivity index (χ3v) is 5.65. The number of ether oxygens (including phenoxy) is 1. The Bertz CT molecular complexity index is 1190. The Morgan fingerprint density at radius 3 is 2.41 bits per heavy atom. The number of aliphatic hydroxyl groups is 1. The van der Waals surface area contributed by atoms with Crippen LogP contribution in [0.3, 0.4) is 0 Å². The molecular weight excluding hydrogens is 430 g/mol. The first-order valence-corrected chi connectivity index (χ1v) is 11.1. The summed E-state index contributed by atoms with van der Waals surface area (Å²) in [5.74, 6) is -0.273. The zero-order chi connectivity index (χ0) is 24.1. The molecule has 1 saturated heterocycles. The third kappa shape index (κ3) is 5.00. The van der Waals surface area contributed by atoms with Crippen molar-refractivity contribution in [3.8, 4) is 11.5 Å². The number of para-hydroxylation sites is 1. The van der Waals surface area contributed by atoms with Crippen molar-refractivity contribution < 1.29 is 19.4 Å². The van der Waals surface area contributed by atoms with Crippen LogP contribution in [0.25, 0.3) is 5.76 Å². The van der Waals surface area contributed by atoms with Crippen LogP contribution in [-0.4, -0.2) is 58.8 Å². The van der Waals surface area contributed by atoms with Gasteiger partial charge in [-0.1, -0.05) is 30.3 Å². The lowest BCUT2D eigenvalue weighted by atomic mass is 9.95. The number of pyridine rings is 1. The van der Waals surface area contributed by atoms with Crippen molar-refractivity contribution in [3.63, 3.8) is 0 Å². The summed E-state index contributed by atoms with van der Waals surface area (Å²) in [6.07, 6.45) is 3.75. The van der Waals surface area contributed by atoms with Crippen molar-refractivity contribution >= 4 is 17.4 Å². The van der Waals surface area contributed by atoms with Gasteiger partial charge in [0.2, 0.25) is 0 Å². The normalized spacial score (nSPS) is 17.4. The first kappa shape index (κ1) is 23.2. The number of benzene rings is 2. The van der Waals surface area contributed by atoms with Gasteiger partial charge in [-0.2, -0.15) is 0 Å². The highest BCUT2D eigenvalue weighted by Gasteiger charge is 2.45. The number of amides is 1. The van der Waals surface area contributed by atoms with Gasteiger partial charge in [0.05, 0.1) is 11.6 Å². The van der Waals surface area contributed by atoms with E-state index in [-0.39, 0.29) is 11.3 Å². The van der Waals surface area contributed by atoms with Crippen molar-refractivity contribution in [2.75, 3.05) is 27.2 Å². The summed E-state index contributed by atoms with van der Waals surface area (Å²) >= 11 is 0. The summed E-state index contributed by atoms with van der Waals surface area (Å²) in [7, 11) is 3.92. The lowest BCUT2D eigenvalue weighted by molar-refractivity contribution is -0.139. The third-order valence-electron chi connectivity index (χ3n) is 5.65. The monoisotopic (exact) mass is 457 g/mol. The molecule has 3 aromatic rings. The average molecular weight is 458 g/mol. The Morgan fingerprint density at radius 2 is 1.71 bits per heavy atom. The van der Waals surface area contributed by atoms with Crippen LogP contribution in [0.5, 0.6) is 11.5 Å². The molecule has 0 radical (unpaired) electrons. The summed E-state index contributed by atoms with van der Waals surface area (Å²) < 4.78 is 5.98. The van der Waals surface area contributed by atoms with Crippen molar-refractivity contribution in [3.05, 3.63) is 95.8 Å². The number of likely N-dealkylation sites (tertiary alicyclic amines) is 1. The Morgan fingerprint density at radius 1 is 1.00 bits per heavy atom. The van der Waals surface area contributed by atoms with Crippen LogP contribution in [0.1, 0.15) is 23.6 Å². The van der Waals surface area contributed by atoms with Crippen molar-refractivity contribution in [2.45, 2.75) is 12.5 Å². The highest BCUT2D eigenvalue weighted by Crippen LogP contribution is 2.40. The van der Waals surface area contributed by atoms with Crippen molar-refractivity contribution in [1.29, 1.82) is 0 Å². The van der Waals surface area contributed by atoms with Gasteiger partial charge in [-0.3, -0.25) is 14.6 Å². The maximum Gasteiger partial charge on any atom is 0.295 e. The largest absolute Gasteiger partial charge is 0.507 e. The van der Waals surface area contributed by atoms with E-state index in [4.69, 9.17) is 4.74 Å². The molecular formula is C27H27N3O4. The first-order valence-electron chi connectivity index (χ1n) is 11.1. The zero-order valence-corrected chi connectivity index (χ0v) is 19.2. The number of carbonyl (C=O) groups excluding carboxylic acids is 2. The molecule has 34 heavy (non-hydrogen) atoms. The second kappa shape index (κ2) is 10.3. The van der Waals surface area contributed by atoms with Gasteiger partial charge in [-0.15, -0.1) is 0 Å². The fourth-order valence-electron chi connectivity index (χ4n) is 4.05. The number of ketones is 1. The van der Waals surface area contributed by atoms with E-state index in [9.17, 15) is 14.7 Å². The molecule has 0 aliphatic carbocycles. The van der Waals surface area contributed by atoms with Crippen LogP contribution in [0.15, 0.2) is 84.7 Å². The van der Waals surface area contributed by atoms with Crippen LogP contribution in [-0.2, 0) is 9.59 Å². The number of hydrogen-bond acceptors (Lipinski definition) is 6. The minimum Gasteiger partial charge on any atom is -0.507 e. The minimum absolute atomic E-state index is 0.0675. The Hall–Kier alpha value is -3.97. The van der Waals surface area contributed by atoms with Crippen LogP contribution in [0.4, 0.5) is 0 Å². The molecule has 7 nitrogen and oxygen atoms in total. The molecule has 1 unspecified atom stereocenters. The predicted octanol–water partition coefficient (Wildman–Crippen LogP) is 4.25. The van der Waals surface area contributed by atoms with E-state index in [1.54, 1.807) is 17.0 Å². The van der Waals surface area contributed by atoms with Gasteiger partial charge in [0, 0.05) is 24.5 Å². The first-order chi connectivity index (χ1) is 16.5. The average Bonchev–Trinajstić information content (AvgIpc) is 3.10. The van der Waals surface area contributed by atoms with E-state index < -0.39 is 17.7 Å². The molecule has 174 valence electrons. The lowest BCUT2D eigenvalue weighted by Gasteiger charge is -2.26. The van der Waals surface area contributed by atoms with E-state index in [0.29, 0.717) is 35.6 Å².